The number of hydrogen-bond acceptors (Lipinski definition) is 2. The highest BCUT2D eigenvalue weighted by molar-refractivity contribution is 7.26. The fraction of sp³-hybridized carbons (Fsp3) is 0.0149. The molecular formula is C67H42N2S. The maximum absolute atomic E-state index is 2.51. The van der Waals surface area contributed by atoms with Crippen LogP contribution >= 0.6 is 11.3 Å². The van der Waals surface area contributed by atoms with E-state index in [0.717, 1.165) is 22.7 Å². The number of aromatic nitrogens is 1. The second kappa shape index (κ2) is 15.1. The van der Waals surface area contributed by atoms with Crippen molar-refractivity contribution in [3.05, 3.63) is 277 Å². The van der Waals surface area contributed by atoms with Crippen molar-refractivity contribution >= 4 is 70.4 Å². The summed E-state index contributed by atoms with van der Waals surface area (Å²) in [6.07, 6.45) is 0. The van der Waals surface area contributed by atoms with Crippen LogP contribution in [0.25, 0.3) is 92.2 Å². The van der Waals surface area contributed by atoms with Crippen molar-refractivity contribution in [2.75, 3.05) is 4.90 Å². The summed E-state index contributed by atoms with van der Waals surface area (Å²) in [6.45, 7) is 0. The molecule has 0 saturated heterocycles. The molecule has 0 aliphatic heterocycles. The van der Waals surface area contributed by atoms with Crippen molar-refractivity contribution < 1.29 is 0 Å². The van der Waals surface area contributed by atoms with Crippen LogP contribution in [0, 0.1) is 0 Å². The minimum atomic E-state index is -0.463. The van der Waals surface area contributed by atoms with Crippen LogP contribution in [0.2, 0.25) is 0 Å². The quantitative estimate of drug-likeness (QED) is 0.161. The Bertz CT molecular complexity index is 4190. The molecule has 0 N–H and O–H groups in total. The summed E-state index contributed by atoms with van der Waals surface area (Å²) in [6, 6.07) is 94.8. The molecule has 0 unspecified atom stereocenters. The van der Waals surface area contributed by atoms with Gasteiger partial charge in [-0.05, 0) is 122 Å². The van der Waals surface area contributed by atoms with Gasteiger partial charge in [0.2, 0.25) is 0 Å². The van der Waals surface area contributed by atoms with E-state index >= 15 is 0 Å². The average Bonchev–Trinajstić information content (AvgIpc) is 4.15. The van der Waals surface area contributed by atoms with Crippen molar-refractivity contribution in [2.24, 2.45) is 0 Å². The zero-order valence-electron chi connectivity index (χ0n) is 38.1. The lowest BCUT2D eigenvalue weighted by molar-refractivity contribution is 0.793. The molecule has 0 atom stereocenters. The highest BCUT2D eigenvalue weighted by Crippen LogP contribution is 2.63. The zero-order valence-corrected chi connectivity index (χ0v) is 38.9. The molecule has 2 aromatic heterocycles. The Morgan fingerprint density at radius 1 is 0.329 bits per heavy atom. The van der Waals surface area contributed by atoms with E-state index in [1.807, 2.05) is 11.3 Å². The molecule has 3 heteroatoms. The first-order valence-electron chi connectivity index (χ1n) is 24.2. The molecule has 2 nitrogen and oxygen atoms in total. The fourth-order valence-corrected chi connectivity index (χ4v) is 13.5. The zero-order chi connectivity index (χ0) is 45.9. The summed E-state index contributed by atoms with van der Waals surface area (Å²) in [5.74, 6) is 0. The highest BCUT2D eigenvalue weighted by atomic mass is 32.1. The first-order chi connectivity index (χ1) is 34.7. The van der Waals surface area contributed by atoms with Crippen molar-refractivity contribution in [1.82, 2.24) is 4.57 Å². The summed E-state index contributed by atoms with van der Waals surface area (Å²) >= 11 is 1.88. The molecule has 70 heavy (non-hydrogen) atoms. The maximum Gasteiger partial charge on any atom is 0.0726 e. The van der Waals surface area contributed by atoms with Crippen LogP contribution in [0.4, 0.5) is 17.1 Å². The highest BCUT2D eigenvalue weighted by Gasteiger charge is 2.51. The molecule has 11 aromatic carbocycles. The molecule has 13 aromatic rings. The van der Waals surface area contributed by atoms with Crippen molar-refractivity contribution in [3.63, 3.8) is 0 Å². The molecule has 15 rings (SSSR count). The SMILES string of the molecule is c1ccc(-n2c3ccccc3c3cc(-c4ccc(N(c5ccc6c(c5)C5(c7ccccc7-c7ccccc75)c5ccccc5-6)c5ccccc5-c5cccc6c5sc5ccccc56)cc4)ccc32)cc1. The van der Waals surface area contributed by atoms with E-state index in [1.165, 1.54) is 109 Å². The smallest absolute Gasteiger partial charge is 0.0726 e. The minimum absolute atomic E-state index is 0.463. The third-order valence-corrected chi connectivity index (χ3v) is 16.4. The lowest BCUT2D eigenvalue weighted by Crippen LogP contribution is -2.26. The summed E-state index contributed by atoms with van der Waals surface area (Å²) in [5, 5.41) is 5.09. The third kappa shape index (κ3) is 5.49. The number of hydrogen-bond donors (Lipinski definition) is 0. The van der Waals surface area contributed by atoms with Gasteiger partial charge in [-0.3, -0.25) is 0 Å². The van der Waals surface area contributed by atoms with Crippen LogP contribution in [-0.2, 0) is 5.41 Å². The Morgan fingerprint density at radius 2 is 0.871 bits per heavy atom. The predicted molar refractivity (Wildman–Crippen MR) is 296 cm³/mol. The van der Waals surface area contributed by atoms with Crippen LogP contribution in [-0.4, -0.2) is 4.57 Å². The van der Waals surface area contributed by atoms with Gasteiger partial charge in [0, 0.05) is 59.1 Å². The van der Waals surface area contributed by atoms with Crippen LogP contribution in [0.15, 0.2) is 255 Å². The Kier molecular flexibility index (Phi) is 8.48. The number of benzene rings is 11. The summed E-state index contributed by atoms with van der Waals surface area (Å²) in [5.41, 5.74) is 21.8. The molecule has 2 aliphatic rings. The van der Waals surface area contributed by atoms with E-state index < -0.39 is 5.41 Å². The van der Waals surface area contributed by atoms with Gasteiger partial charge in [-0.25, -0.2) is 0 Å². The van der Waals surface area contributed by atoms with Gasteiger partial charge in [0.05, 0.1) is 22.1 Å². The molecule has 326 valence electrons. The second-order valence-electron chi connectivity index (χ2n) is 18.7. The average molecular weight is 907 g/mol. The number of para-hydroxylation sites is 3. The van der Waals surface area contributed by atoms with Crippen LogP contribution in [0.1, 0.15) is 22.3 Å². The Hall–Kier alpha value is -8.76. The Morgan fingerprint density at radius 3 is 1.61 bits per heavy atom. The van der Waals surface area contributed by atoms with E-state index in [2.05, 4.69) is 264 Å². The van der Waals surface area contributed by atoms with Crippen LogP contribution < -0.4 is 4.90 Å². The number of rotatable bonds is 6. The normalized spacial score (nSPS) is 13.0. The lowest BCUT2D eigenvalue weighted by atomic mass is 9.70. The first-order valence-corrected chi connectivity index (χ1v) is 25.0. The van der Waals surface area contributed by atoms with E-state index in [4.69, 9.17) is 0 Å². The number of fused-ring (bicyclic) bond motifs is 16. The van der Waals surface area contributed by atoms with Gasteiger partial charge in [0.25, 0.3) is 0 Å². The van der Waals surface area contributed by atoms with Gasteiger partial charge in [-0.1, -0.05) is 188 Å². The summed E-state index contributed by atoms with van der Waals surface area (Å²) < 4.78 is 4.99. The number of nitrogens with zero attached hydrogens (tertiary/aromatic N) is 2. The van der Waals surface area contributed by atoms with E-state index in [-0.39, 0.29) is 0 Å². The van der Waals surface area contributed by atoms with Gasteiger partial charge >= 0.3 is 0 Å². The van der Waals surface area contributed by atoms with Gasteiger partial charge in [-0.2, -0.15) is 0 Å². The van der Waals surface area contributed by atoms with Crippen LogP contribution in [0.5, 0.6) is 0 Å². The fourth-order valence-electron chi connectivity index (χ4n) is 12.3. The minimum Gasteiger partial charge on any atom is -0.310 e. The lowest BCUT2D eigenvalue weighted by Gasteiger charge is -2.32. The molecule has 2 heterocycles. The molecular weight excluding hydrogens is 865 g/mol. The van der Waals surface area contributed by atoms with Crippen molar-refractivity contribution in [1.29, 1.82) is 0 Å². The number of anilines is 3. The molecule has 0 fully saturated rings. The van der Waals surface area contributed by atoms with Crippen molar-refractivity contribution in [3.8, 4) is 50.2 Å². The Labute approximate surface area is 410 Å². The monoisotopic (exact) mass is 906 g/mol. The third-order valence-electron chi connectivity index (χ3n) is 15.2. The molecule has 1 spiro atoms. The Balaban J connectivity index is 0.940. The molecule has 2 aliphatic carbocycles. The summed E-state index contributed by atoms with van der Waals surface area (Å²) in [4.78, 5) is 2.51. The maximum atomic E-state index is 2.51. The molecule has 0 radical (unpaired) electrons. The second-order valence-corrected chi connectivity index (χ2v) is 19.8. The standard InChI is InChI=1S/C67H42N2S/c1-2-17-45(18-3-1)69-63-31-14-8-23-53(63)57-41-44(35-40-64(57)69)43-33-36-46(37-34-43)68(62-30-13-7-22-52(62)55-25-16-26-56-54-24-9-15-32-65(54)70-66(55)56)47-38-39-51-50-21-6-12-29-60(50)67(61(51)42-47)58-27-10-4-19-48(58)49-20-5-11-28-59(49)67/h1-42H. The summed E-state index contributed by atoms with van der Waals surface area (Å²) in [7, 11) is 0. The first kappa shape index (κ1) is 39.3. The van der Waals surface area contributed by atoms with Gasteiger partial charge in [0.1, 0.15) is 0 Å². The van der Waals surface area contributed by atoms with E-state index in [1.54, 1.807) is 0 Å². The van der Waals surface area contributed by atoms with E-state index in [0.29, 0.717) is 0 Å². The molecule has 0 saturated carbocycles. The van der Waals surface area contributed by atoms with Crippen LogP contribution in [0.3, 0.4) is 0 Å². The van der Waals surface area contributed by atoms with Gasteiger partial charge in [-0.15, -0.1) is 11.3 Å². The molecule has 0 amide bonds. The van der Waals surface area contributed by atoms with Gasteiger partial charge in [0.15, 0.2) is 0 Å². The molecule has 0 bridgehead atoms. The topological polar surface area (TPSA) is 8.17 Å². The number of thiophene rings is 1. The van der Waals surface area contributed by atoms with E-state index in [9.17, 15) is 0 Å². The largest absolute Gasteiger partial charge is 0.310 e. The van der Waals surface area contributed by atoms with Crippen molar-refractivity contribution in [2.45, 2.75) is 5.41 Å². The predicted octanol–water partition coefficient (Wildman–Crippen LogP) is 18.3. The van der Waals surface area contributed by atoms with Gasteiger partial charge < -0.3 is 9.47 Å².